The van der Waals surface area contributed by atoms with E-state index in [0.29, 0.717) is 5.65 Å². The Morgan fingerprint density at radius 1 is 1.13 bits per heavy atom. The van der Waals surface area contributed by atoms with Gasteiger partial charge in [0.2, 0.25) is 0 Å². The van der Waals surface area contributed by atoms with E-state index in [1.54, 1.807) is 12.1 Å². The van der Waals surface area contributed by atoms with Crippen LogP contribution in [0.15, 0.2) is 42.6 Å². The van der Waals surface area contributed by atoms with Gasteiger partial charge in [-0.1, -0.05) is 11.6 Å². The minimum absolute atomic E-state index is 0.0843. The monoisotopic (exact) mass is 340 g/mol. The number of nitrogens with zero attached hydrogens (tertiary/aromatic N) is 3. The summed E-state index contributed by atoms with van der Waals surface area (Å²) in [4.78, 5) is 16.1. The molecule has 118 valence electrons. The number of hydrogen-bond acceptors (Lipinski definition) is 3. The van der Waals surface area contributed by atoms with E-state index >= 15 is 0 Å². The second kappa shape index (κ2) is 5.54. The van der Waals surface area contributed by atoms with Crippen LogP contribution in [0.25, 0.3) is 5.65 Å². The van der Waals surface area contributed by atoms with Crippen LogP contribution in [0.4, 0.5) is 19.0 Å². The second-order valence-electron chi connectivity index (χ2n) is 4.61. The van der Waals surface area contributed by atoms with E-state index in [1.807, 2.05) is 0 Å². The summed E-state index contributed by atoms with van der Waals surface area (Å²) < 4.78 is 38.8. The van der Waals surface area contributed by atoms with Gasteiger partial charge in [-0.2, -0.15) is 18.3 Å². The molecule has 2 heterocycles. The molecule has 0 saturated carbocycles. The zero-order valence-electron chi connectivity index (χ0n) is 11.3. The molecule has 9 heteroatoms. The smallest absolute Gasteiger partial charge is 0.305 e. The summed E-state index contributed by atoms with van der Waals surface area (Å²) in [5.74, 6) is -0.363. The summed E-state index contributed by atoms with van der Waals surface area (Å²) in [6.07, 6.45) is -3.00. The van der Waals surface area contributed by atoms with Crippen molar-refractivity contribution in [2.24, 2.45) is 0 Å². The molecule has 0 bridgehead atoms. The van der Waals surface area contributed by atoms with Crippen LogP contribution in [0.1, 0.15) is 15.9 Å². The highest BCUT2D eigenvalue weighted by Crippen LogP contribution is 2.29. The van der Waals surface area contributed by atoms with Crippen molar-refractivity contribution in [3.63, 3.8) is 0 Å². The average Bonchev–Trinajstić information content (AvgIpc) is 2.87. The fourth-order valence-corrected chi connectivity index (χ4v) is 2.06. The van der Waals surface area contributed by atoms with Gasteiger partial charge in [-0.05, 0) is 36.4 Å². The van der Waals surface area contributed by atoms with E-state index in [1.165, 1.54) is 10.7 Å². The lowest BCUT2D eigenvalue weighted by Crippen LogP contribution is -2.13. The number of rotatable bonds is 2. The predicted molar refractivity (Wildman–Crippen MR) is 77.4 cm³/mol. The molecule has 0 fully saturated rings. The van der Waals surface area contributed by atoms with Gasteiger partial charge in [0.05, 0.1) is 11.8 Å². The van der Waals surface area contributed by atoms with Gasteiger partial charge in [0.15, 0.2) is 11.5 Å². The molecule has 0 aliphatic rings. The van der Waals surface area contributed by atoms with E-state index in [0.717, 1.165) is 24.3 Å². The molecule has 3 aromatic rings. The lowest BCUT2D eigenvalue weighted by molar-refractivity contribution is -0.137. The normalized spacial score (nSPS) is 11.7. The summed E-state index contributed by atoms with van der Waals surface area (Å²) in [6, 6.07) is 7.06. The van der Waals surface area contributed by atoms with Gasteiger partial charge in [-0.25, -0.2) is 9.50 Å². The number of fused-ring (bicyclic) bond motifs is 1. The second-order valence-corrected chi connectivity index (χ2v) is 5.00. The first-order valence-corrected chi connectivity index (χ1v) is 6.71. The molecule has 3 rings (SSSR count). The van der Waals surface area contributed by atoms with E-state index in [4.69, 9.17) is 11.6 Å². The van der Waals surface area contributed by atoms with Crippen molar-refractivity contribution in [1.82, 2.24) is 14.6 Å². The Kier molecular flexibility index (Phi) is 3.69. The molecule has 5 nitrogen and oxygen atoms in total. The topological polar surface area (TPSA) is 59.3 Å². The number of amides is 1. The summed E-state index contributed by atoms with van der Waals surface area (Å²) in [6.45, 7) is 0. The molecule has 0 aliphatic carbocycles. The molecule has 0 atom stereocenters. The lowest BCUT2D eigenvalue weighted by Gasteiger charge is -2.07. The standard InChI is InChI=1S/C14H8ClF3N4O/c15-10-5-6-12-19-11(7-22(12)21-10)20-13(23)8-1-3-9(4-2-8)14(16,17)18/h1-7H,(H,20,23). The first-order chi connectivity index (χ1) is 10.8. The Morgan fingerprint density at radius 3 is 2.48 bits per heavy atom. The minimum atomic E-state index is -4.44. The number of halogens is 4. The molecule has 0 saturated heterocycles. The largest absolute Gasteiger partial charge is 0.416 e. The van der Waals surface area contributed by atoms with Crippen molar-refractivity contribution in [1.29, 1.82) is 0 Å². The number of benzene rings is 1. The van der Waals surface area contributed by atoms with Crippen LogP contribution < -0.4 is 5.32 Å². The van der Waals surface area contributed by atoms with Gasteiger partial charge in [-0.3, -0.25) is 4.79 Å². The van der Waals surface area contributed by atoms with Crippen LogP contribution in [0, 0.1) is 0 Å². The number of carbonyl (C=O) groups excluding carboxylic acids is 1. The number of anilines is 1. The molecule has 1 aromatic carbocycles. The first-order valence-electron chi connectivity index (χ1n) is 6.33. The predicted octanol–water partition coefficient (Wildman–Crippen LogP) is 3.65. The molecule has 0 radical (unpaired) electrons. The van der Waals surface area contributed by atoms with Crippen molar-refractivity contribution in [3.05, 3.63) is 58.9 Å². The number of imidazole rings is 1. The molecular formula is C14H8ClF3N4O. The fraction of sp³-hybridized carbons (Fsp3) is 0.0714. The number of hydrogen-bond donors (Lipinski definition) is 1. The van der Waals surface area contributed by atoms with Crippen LogP contribution in [-0.2, 0) is 6.18 Å². The van der Waals surface area contributed by atoms with Gasteiger partial charge in [-0.15, -0.1) is 0 Å². The highest BCUT2D eigenvalue weighted by Gasteiger charge is 2.30. The Bertz CT molecular complexity index is 874. The SMILES string of the molecule is O=C(Nc1cn2nc(Cl)ccc2n1)c1ccc(C(F)(F)F)cc1. The zero-order valence-corrected chi connectivity index (χ0v) is 12.1. The van der Waals surface area contributed by atoms with Gasteiger partial charge in [0, 0.05) is 5.56 Å². The van der Waals surface area contributed by atoms with Crippen LogP contribution in [0.3, 0.4) is 0 Å². The Balaban J connectivity index is 1.80. The van der Waals surface area contributed by atoms with Crippen molar-refractivity contribution in [2.45, 2.75) is 6.18 Å². The third-order valence-corrected chi connectivity index (χ3v) is 3.21. The molecule has 1 amide bonds. The van der Waals surface area contributed by atoms with Gasteiger partial charge >= 0.3 is 6.18 Å². The summed E-state index contributed by atoms with van der Waals surface area (Å²) in [5, 5.41) is 6.71. The number of aromatic nitrogens is 3. The maximum Gasteiger partial charge on any atom is 0.416 e. The maximum atomic E-state index is 12.5. The lowest BCUT2D eigenvalue weighted by atomic mass is 10.1. The summed E-state index contributed by atoms with van der Waals surface area (Å²) in [5.41, 5.74) is -0.265. The summed E-state index contributed by atoms with van der Waals surface area (Å²) >= 11 is 5.74. The van der Waals surface area contributed by atoms with Crippen LogP contribution in [-0.4, -0.2) is 20.5 Å². The van der Waals surface area contributed by atoms with Crippen LogP contribution >= 0.6 is 11.6 Å². The first kappa shape index (κ1) is 15.3. The Morgan fingerprint density at radius 2 is 1.83 bits per heavy atom. The van der Waals surface area contributed by atoms with E-state index in [9.17, 15) is 18.0 Å². The molecule has 0 spiro atoms. The van der Waals surface area contributed by atoms with Crippen molar-refractivity contribution < 1.29 is 18.0 Å². The average molecular weight is 341 g/mol. The minimum Gasteiger partial charge on any atom is -0.305 e. The van der Waals surface area contributed by atoms with Gasteiger partial charge < -0.3 is 5.32 Å². The summed E-state index contributed by atoms with van der Waals surface area (Å²) in [7, 11) is 0. The quantitative estimate of drug-likeness (QED) is 0.774. The molecule has 0 aliphatic heterocycles. The van der Waals surface area contributed by atoms with E-state index in [2.05, 4.69) is 15.4 Å². The number of nitrogens with one attached hydrogen (secondary N) is 1. The molecule has 2 aromatic heterocycles. The van der Waals surface area contributed by atoms with E-state index < -0.39 is 17.6 Å². The molecule has 1 N–H and O–H groups in total. The molecular weight excluding hydrogens is 333 g/mol. The van der Waals surface area contributed by atoms with Crippen molar-refractivity contribution in [3.8, 4) is 0 Å². The number of carbonyl (C=O) groups is 1. The fourth-order valence-electron chi connectivity index (χ4n) is 1.92. The van der Waals surface area contributed by atoms with Gasteiger partial charge in [0.1, 0.15) is 5.15 Å². The molecule has 23 heavy (non-hydrogen) atoms. The maximum absolute atomic E-state index is 12.5. The third-order valence-electron chi connectivity index (χ3n) is 3.00. The van der Waals surface area contributed by atoms with Crippen molar-refractivity contribution >= 4 is 29.0 Å². The van der Waals surface area contributed by atoms with Crippen LogP contribution in [0.2, 0.25) is 5.15 Å². The Labute approximate surface area is 132 Å². The van der Waals surface area contributed by atoms with Gasteiger partial charge in [0.25, 0.3) is 5.91 Å². The number of alkyl halides is 3. The molecule has 0 unspecified atom stereocenters. The van der Waals surface area contributed by atoms with E-state index in [-0.39, 0.29) is 16.5 Å². The highest BCUT2D eigenvalue weighted by atomic mass is 35.5. The third kappa shape index (κ3) is 3.26. The Hall–Kier alpha value is -2.61. The van der Waals surface area contributed by atoms with Crippen LogP contribution in [0.5, 0.6) is 0 Å². The highest BCUT2D eigenvalue weighted by molar-refractivity contribution is 6.29. The van der Waals surface area contributed by atoms with Crippen molar-refractivity contribution in [2.75, 3.05) is 5.32 Å². The zero-order chi connectivity index (χ0) is 16.6.